The molecule has 0 aliphatic rings. The van der Waals surface area contributed by atoms with Crippen LogP contribution in [-0.4, -0.2) is 37.6 Å². The van der Waals surface area contributed by atoms with Crippen molar-refractivity contribution in [1.82, 2.24) is 0 Å². The van der Waals surface area contributed by atoms with E-state index in [9.17, 15) is 19.7 Å². The molecule has 148 valence electrons. The molecule has 0 saturated carbocycles. The van der Waals surface area contributed by atoms with Crippen molar-refractivity contribution < 1.29 is 28.7 Å². The number of methoxy groups -OCH3 is 2. The molecule has 9 nitrogen and oxygen atoms in total. The zero-order chi connectivity index (χ0) is 20.7. The average molecular weight is 388 g/mol. The number of carbonyl (C=O) groups excluding carboxylic acids is 2. The second kappa shape index (κ2) is 9.36. The van der Waals surface area contributed by atoms with E-state index in [0.29, 0.717) is 24.3 Å². The summed E-state index contributed by atoms with van der Waals surface area (Å²) < 4.78 is 15.2. The molecule has 0 heterocycles. The molecule has 2 aromatic carbocycles. The van der Waals surface area contributed by atoms with Crippen LogP contribution in [0.4, 0.5) is 11.4 Å². The summed E-state index contributed by atoms with van der Waals surface area (Å²) in [4.78, 5) is 35.0. The van der Waals surface area contributed by atoms with Gasteiger partial charge in [-0.25, -0.2) is 4.79 Å². The van der Waals surface area contributed by atoms with E-state index in [-0.39, 0.29) is 17.1 Å². The fraction of sp³-hybridized carbons (Fsp3) is 0.263. The van der Waals surface area contributed by atoms with Crippen molar-refractivity contribution in [2.45, 2.75) is 13.3 Å². The van der Waals surface area contributed by atoms with Crippen LogP contribution < -0.4 is 14.8 Å². The minimum absolute atomic E-state index is 0.140. The minimum atomic E-state index is -0.700. The molecule has 0 saturated heterocycles. The number of nitrogens with zero attached hydrogens (tertiary/aromatic N) is 1. The first-order chi connectivity index (χ1) is 13.4. The number of amides is 1. The zero-order valence-corrected chi connectivity index (χ0v) is 15.7. The molecule has 9 heteroatoms. The average Bonchev–Trinajstić information content (AvgIpc) is 2.71. The Morgan fingerprint density at radius 1 is 1.07 bits per heavy atom. The van der Waals surface area contributed by atoms with Crippen LogP contribution in [0.15, 0.2) is 36.4 Å². The topological polar surface area (TPSA) is 117 Å². The molecule has 0 spiro atoms. The molecule has 2 aromatic rings. The van der Waals surface area contributed by atoms with E-state index in [0.717, 1.165) is 6.07 Å². The van der Waals surface area contributed by atoms with Crippen molar-refractivity contribution in [3.05, 3.63) is 57.6 Å². The van der Waals surface area contributed by atoms with Gasteiger partial charge in [0.15, 0.2) is 11.5 Å². The van der Waals surface area contributed by atoms with Gasteiger partial charge in [0, 0.05) is 11.8 Å². The van der Waals surface area contributed by atoms with E-state index in [1.54, 1.807) is 0 Å². The number of nitro benzene ring substituents is 1. The number of nitrogens with one attached hydrogen (secondary N) is 1. The molecule has 1 amide bonds. The monoisotopic (exact) mass is 388 g/mol. The van der Waals surface area contributed by atoms with Gasteiger partial charge in [0.2, 0.25) is 0 Å². The molecule has 2 rings (SSSR count). The zero-order valence-electron chi connectivity index (χ0n) is 15.7. The Labute approximate surface area is 161 Å². The predicted molar refractivity (Wildman–Crippen MR) is 101 cm³/mol. The lowest BCUT2D eigenvalue weighted by atomic mass is 10.1. The van der Waals surface area contributed by atoms with Gasteiger partial charge in [0.25, 0.3) is 11.6 Å². The molecule has 0 aromatic heterocycles. The van der Waals surface area contributed by atoms with Gasteiger partial charge < -0.3 is 19.5 Å². The predicted octanol–water partition coefficient (Wildman–Crippen LogP) is 3.43. The van der Waals surface area contributed by atoms with Crippen molar-refractivity contribution in [3.63, 3.8) is 0 Å². The van der Waals surface area contributed by atoms with Crippen molar-refractivity contribution in [3.8, 4) is 11.5 Å². The highest BCUT2D eigenvalue weighted by Crippen LogP contribution is 2.34. The Balaban J connectivity index is 2.25. The van der Waals surface area contributed by atoms with Crippen LogP contribution in [0.2, 0.25) is 0 Å². The molecule has 0 fully saturated rings. The summed E-state index contributed by atoms with van der Waals surface area (Å²) in [6.45, 7) is 2.21. The Morgan fingerprint density at radius 2 is 1.68 bits per heavy atom. The molecule has 0 aliphatic heterocycles. The maximum Gasteiger partial charge on any atom is 0.338 e. The first kappa shape index (κ1) is 20.7. The lowest BCUT2D eigenvalue weighted by Gasteiger charge is -2.11. The van der Waals surface area contributed by atoms with E-state index >= 15 is 0 Å². The van der Waals surface area contributed by atoms with Crippen molar-refractivity contribution in [1.29, 1.82) is 0 Å². The van der Waals surface area contributed by atoms with Gasteiger partial charge in [-0.3, -0.25) is 14.9 Å². The summed E-state index contributed by atoms with van der Waals surface area (Å²) in [6, 6.07) is 8.37. The van der Waals surface area contributed by atoms with Gasteiger partial charge in [-0.05, 0) is 30.7 Å². The van der Waals surface area contributed by atoms with Crippen LogP contribution in [0.25, 0.3) is 0 Å². The number of benzene rings is 2. The molecule has 28 heavy (non-hydrogen) atoms. The van der Waals surface area contributed by atoms with Gasteiger partial charge in [0.05, 0.1) is 37.4 Å². The van der Waals surface area contributed by atoms with E-state index in [2.05, 4.69) is 5.32 Å². The number of hydrogen-bond acceptors (Lipinski definition) is 7. The normalized spacial score (nSPS) is 10.1. The van der Waals surface area contributed by atoms with E-state index < -0.39 is 22.5 Å². The third-order valence-corrected chi connectivity index (χ3v) is 3.76. The fourth-order valence-corrected chi connectivity index (χ4v) is 2.37. The number of anilines is 1. The van der Waals surface area contributed by atoms with E-state index in [1.165, 1.54) is 44.6 Å². The first-order valence-electron chi connectivity index (χ1n) is 8.40. The Morgan fingerprint density at radius 3 is 2.21 bits per heavy atom. The number of nitro groups is 1. The third-order valence-electron chi connectivity index (χ3n) is 3.76. The quantitative estimate of drug-likeness (QED) is 0.418. The Bertz CT molecular complexity index is 879. The standard InChI is InChI=1S/C19H20N2O7/c1-4-9-28-19(23)12-5-7-13(8-6-12)20-18(22)14-10-16(26-2)17(27-3)11-15(14)21(24)25/h5-8,10-11H,4,9H2,1-3H3,(H,20,22). The maximum absolute atomic E-state index is 12.6. The van der Waals surface area contributed by atoms with Crippen molar-refractivity contribution in [2.24, 2.45) is 0 Å². The summed E-state index contributed by atoms with van der Waals surface area (Å²) in [6.07, 6.45) is 0.712. The van der Waals surface area contributed by atoms with Crippen LogP contribution in [0.5, 0.6) is 11.5 Å². The summed E-state index contributed by atoms with van der Waals surface area (Å²) in [7, 11) is 2.70. The van der Waals surface area contributed by atoms with Crippen LogP contribution >= 0.6 is 0 Å². The van der Waals surface area contributed by atoms with Crippen LogP contribution in [0, 0.1) is 10.1 Å². The SMILES string of the molecule is CCCOC(=O)c1ccc(NC(=O)c2cc(OC)c(OC)cc2[N+](=O)[O-])cc1. The lowest BCUT2D eigenvalue weighted by Crippen LogP contribution is -2.14. The summed E-state index contributed by atoms with van der Waals surface area (Å²) in [5.74, 6) is -0.836. The smallest absolute Gasteiger partial charge is 0.338 e. The number of carbonyl (C=O) groups is 2. The molecule has 0 aliphatic carbocycles. The Kier molecular flexibility index (Phi) is 6.91. The molecular formula is C19H20N2O7. The second-order valence-electron chi connectivity index (χ2n) is 5.65. The van der Waals surface area contributed by atoms with Gasteiger partial charge >= 0.3 is 5.97 Å². The highest BCUT2D eigenvalue weighted by molar-refractivity contribution is 6.07. The first-order valence-corrected chi connectivity index (χ1v) is 8.40. The van der Waals surface area contributed by atoms with Crippen LogP contribution in [0.1, 0.15) is 34.1 Å². The summed E-state index contributed by atoms with van der Waals surface area (Å²) >= 11 is 0. The van der Waals surface area contributed by atoms with E-state index in [1.807, 2.05) is 6.92 Å². The van der Waals surface area contributed by atoms with Crippen molar-refractivity contribution >= 4 is 23.3 Å². The molecule has 0 atom stereocenters. The highest BCUT2D eigenvalue weighted by Gasteiger charge is 2.24. The van der Waals surface area contributed by atoms with Gasteiger partial charge in [-0.2, -0.15) is 0 Å². The maximum atomic E-state index is 12.6. The lowest BCUT2D eigenvalue weighted by molar-refractivity contribution is -0.385. The van der Waals surface area contributed by atoms with Gasteiger partial charge in [-0.1, -0.05) is 6.92 Å². The number of rotatable bonds is 8. The number of ether oxygens (including phenoxy) is 3. The molecule has 0 unspecified atom stereocenters. The third kappa shape index (κ3) is 4.76. The van der Waals surface area contributed by atoms with E-state index in [4.69, 9.17) is 14.2 Å². The Hall–Kier alpha value is -3.62. The molecule has 0 radical (unpaired) electrons. The minimum Gasteiger partial charge on any atom is -0.493 e. The largest absolute Gasteiger partial charge is 0.493 e. The molecular weight excluding hydrogens is 368 g/mol. The summed E-state index contributed by atoms with van der Waals surface area (Å²) in [5.41, 5.74) is 0.0914. The fourth-order valence-electron chi connectivity index (χ4n) is 2.37. The highest BCUT2D eigenvalue weighted by atomic mass is 16.6. The van der Waals surface area contributed by atoms with Gasteiger partial charge in [0.1, 0.15) is 5.56 Å². The summed E-state index contributed by atoms with van der Waals surface area (Å²) in [5, 5.41) is 13.9. The van der Waals surface area contributed by atoms with Crippen LogP contribution in [0.3, 0.4) is 0 Å². The molecule has 0 bridgehead atoms. The number of hydrogen-bond donors (Lipinski definition) is 1. The second-order valence-corrected chi connectivity index (χ2v) is 5.65. The van der Waals surface area contributed by atoms with Crippen molar-refractivity contribution in [2.75, 3.05) is 26.1 Å². The van der Waals surface area contributed by atoms with Crippen LogP contribution in [-0.2, 0) is 4.74 Å². The number of esters is 1. The van der Waals surface area contributed by atoms with Gasteiger partial charge in [-0.15, -0.1) is 0 Å². The molecule has 1 N–H and O–H groups in total.